The number of benzene rings is 1. The molecular weight excluding hydrogens is 352 g/mol. The number of hydrogen-bond acceptors (Lipinski definition) is 5. The molecule has 26 heavy (non-hydrogen) atoms. The Labute approximate surface area is 156 Å². The first-order valence-electron chi connectivity index (χ1n) is 8.58. The van der Waals surface area contributed by atoms with Crippen molar-refractivity contribution in [3.8, 4) is 0 Å². The van der Waals surface area contributed by atoms with Gasteiger partial charge in [0, 0.05) is 13.1 Å². The van der Waals surface area contributed by atoms with Crippen molar-refractivity contribution in [1.82, 2.24) is 20.2 Å². The largest absolute Gasteiger partial charge is 0.338 e. The van der Waals surface area contributed by atoms with Crippen molar-refractivity contribution < 1.29 is 9.59 Å². The molecule has 0 radical (unpaired) electrons. The number of nitrogens with one attached hydrogen (secondary N) is 2. The molecule has 1 aromatic carbocycles. The Morgan fingerprint density at radius 3 is 2.58 bits per heavy atom. The number of thioether (sulfide) groups is 1. The second-order valence-corrected chi connectivity index (χ2v) is 7.64. The highest BCUT2D eigenvalue weighted by molar-refractivity contribution is 8.00. The molecule has 0 bridgehead atoms. The van der Waals surface area contributed by atoms with Gasteiger partial charge in [-0.3, -0.25) is 19.5 Å². The van der Waals surface area contributed by atoms with Crippen molar-refractivity contribution in [2.45, 2.75) is 44.6 Å². The summed E-state index contributed by atoms with van der Waals surface area (Å²) in [7, 11) is 0. The SMILES string of the molecule is CCNC(=O)NC(=O)[C@@H](C)Sc1nc2ccccc2c(=O)n1CC(C)C. The molecule has 0 aliphatic rings. The van der Waals surface area contributed by atoms with Crippen LogP contribution in [0.1, 0.15) is 27.7 Å². The first kappa shape index (κ1) is 20.0. The fourth-order valence-electron chi connectivity index (χ4n) is 2.39. The quantitative estimate of drug-likeness (QED) is 0.596. The second kappa shape index (κ2) is 8.84. The van der Waals surface area contributed by atoms with Crippen LogP contribution in [0.5, 0.6) is 0 Å². The molecule has 0 unspecified atom stereocenters. The Bertz CT molecular complexity index is 863. The summed E-state index contributed by atoms with van der Waals surface area (Å²) in [5, 5.41) is 5.25. The zero-order valence-electron chi connectivity index (χ0n) is 15.4. The maximum absolute atomic E-state index is 12.8. The fraction of sp³-hybridized carbons (Fsp3) is 0.444. The predicted octanol–water partition coefficient (Wildman–Crippen LogP) is 2.38. The number of amides is 3. The summed E-state index contributed by atoms with van der Waals surface area (Å²) < 4.78 is 1.60. The highest BCUT2D eigenvalue weighted by Crippen LogP contribution is 2.23. The van der Waals surface area contributed by atoms with E-state index in [4.69, 9.17) is 0 Å². The van der Waals surface area contributed by atoms with Crippen LogP contribution in [0.25, 0.3) is 10.9 Å². The van der Waals surface area contributed by atoms with Crippen LogP contribution in [0.4, 0.5) is 4.79 Å². The van der Waals surface area contributed by atoms with E-state index in [0.717, 1.165) is 0 Å². The lowest BCUT2D eigenvalue weighted by Crippen LogP contribution is -2.42. The summed E-state index contributed by atoms with van der Waals surface area (Å²) in [5.74, 6) is -0.186. The average Bonchev–Trinajstić information content (AvgIpc) is 2.58. The monoisotopic (exact) mass is 376 g/mol. The van der Waals surface area contributed by atoms with Gasteiger partial charge in [-0.2, -0.15) is 0 Å². The van der Waals surface area contributed by atoms with Gasteiger partial charge in [0.2, 0.25) is 5.91 Å². The topological polar surface area (TPSA) is 93.1 Å². The Morgan fingerprint density at radius 1 is 1.23 bits per heavy atom. The maximum atomic E-state index is 12.8. The number of urea groups is 1. The van der Waals surface area contributed by atoms with Crippen molar-refractivity contribution in [2.75, 3.05) is 6.54 Å². The lowest BCUT2D eigenvalue weighted by molar-refractivity contribution is -0.119. The van der Waals surface area contributed by atoms with Crippen LogP contribution in [0.15, 0.2) is 34.2 Å². The summed E-state index contributed by atoms with van der Waals surface area (Å²) in [6.45, 7) is 8.42. The van der Waals surface area contributed by atoms with Crippen LogP contribution in [-0.4, -0.2) is 33.3 Å². The van der Waals surface area contributed by atoms with Crippen LogP contribution in [-0.2, 0) is 11.3 Å². The van der Waals surface area contributed by atoms with E-state index in [9.17, 15) is 14.4 Å². The first-order chi connectivity index (χ1) is 12.3. The van der Waals surface area contributed by atoms with E-state index in [1.54, 1.807) is 36.6 Å². The van der Waals surface area contributed by atoms with E-state index in [0.29, 0.717) is 29.1 Å². The lowest BCUT2D eigenvalue weighted by Gasteiger charge is -2.17. The van der Waals surface area contributed by atoms with Gasteiger partial charge in [-0.15, -0.1) is 0 Å². The third-order valence-corrected chi connectivity index (χ3v) is 4.69. The molecule has 2 rings (SSSR count). The van der Waals surface area contributed by atoms with E-state index in [2.05, 4.69) is 15.6 Å². The molecule has 0 aliphatic heterocycles. The Hall–Kier alpha value is -2.35. The van der Waals surface area contributed by atoms with Gasteiger partial charge in [0.1, 0.15) is 0 Å². The van der Waals surface area contributed by atoms with Crippen LogP contribution in [0.2, 0.25) is 0 Å². The van der Waals surface area contributed by atoms with Crippen molar-refractivity contribution in [3.63, 3.8) is 0 Å². The van der Waals surface area contributed by atoms with Crippen molar-refractivity contribution >= 4 is 34.6 Å². The van der Waals surface area contributed by atoms with Crippen LogP contribution in [0, 0.1) is 5.92 Å². The number of nitrogens with zero attached hydrogens (tertiary/aromatic N) is 2. The first-order valence-corrected chi connectivity index (χ1v) is 9.46. The average molecular weight is 376 g/mol. The minimum absolute atomic E-state index is 0.122. The molecule has 0 aliphatic carbocycles. The highest BCUT2D eigenvalue weighted by Gasteiger charge is 2.21. The number of aromatic nitrogens is 2. The summed E-state index contributed by atoms with van der Waals surface area (Å²) >= 11 is 1.17. The number of carbonyl (C=O) groups is 2. The summed E-state index contributed by atoms with van der Waals surface area (Å²) in [6, 6.07) is 6.62. The van der Waals surface area contributed by atoms with Gasteiger partial charge in [0.15, 0.2) is 5.16 Å². The molecule has 2 aromatic rings. The number of rotatable bonds is 6. The van der Waals surface area contributed by atoms with Crippen LogP contribution in [0.3, 0.4) is 0 Å². The van der Waals surface area contributed by atoms with Crippen LogP contribution < -0.4 is 16.2 Å². The second-order valence-electron chi connectivity index (χ2n) is 6.33. The molecule has 3 amide bonds. The fourth-order valence-corrected chi connectivity index (χ4v) is 3.31. The molecule has 1 heterocycles. The van der Waals surface area contributed by atoms with Crippen molar-refractivity contribution in [1.29, 1.82) is 0 Å². The van der Waals surface area contributed by atoms with Crippen molar-refractivity contribution in [3.05, 3.63) is 34.6 Å². The highest BCUT2D eigenvalue weighted by atomic mass is 32.2. The minimum atomic E-state index is -0.580. The van der Waals surface area contributed by atoms with Gasteiger partial charge in [-0.05, 0) is 31.9 Å². The molecule has 2 N–H and O–H groups in total. The van der Waals surface area contributed by atoms with Crippen molar-refractivity contribution in [2.24, 2.45) is 5.92 Å². The number of hydrogen-bond donors (Lipinski definition) is 2. The Kier molecular flexibility index (Phi) is 6.79. The van der Waals surface area contributed by atoms with E-state index in [1.807, 2.05) is 19.9 Å². The van der Waals surface area contributed by atoms with E-state index in [-0.39, 0.29) is 11.5 Å². The van der Waals surface area contributed by atoms with Gasteiger partial charge >= 0.3 is 6.03 Å². The molecule has 0 fully saturated rings. The van der Waals surface area contributed by atoms with Gasteiger partial charge in [-0.25, -0.2) is 9.78 Å². The number of fused-ring (bicyclic) bond motifs is 1. The Morgan fingerprint density at radius 2 is 1.92 bits per heavy atom. The molecule has 1 aromatic heterocycles. The molecule has 0 spiro atoms. The molecule has 140 valence electrons. The zero-order chi connectivity index (χ0) is 19.3. The minimum Gasteiger partial charge on any atom is -0.338 e. The van der Waals surface area contributed by atoms with Crippen LogP contribution >= 0.6 is 11.8 Å². The van der Waals surface area contributed by atoms with Gasteiger partial charge in [0.05, 0.1) is 16.2 Å². The maximum Gasteiger partial charge on any atom is 0.321 e. The summed E-state index contributed by atoms with van der Waals surface area (Å²) in [4.78, 5) is 41.2. The lowest BCUT2D eigenvalue weighted by atomic mass is 10.2. The molecule has 7 nitrogen and oxygen atoms in total. The van der Waals surface area contributed by atoms with E-state index >= 15 is 0 Å². The number of carbonyl (C=O) groups excluding carboxylic acids is 2. The Balaban J connectivity index is 2.33. The molecule has 8 heteroatoms. The smallest absolute Gasteiger partial charge is 0.321 e. The molecule has 0 saturated carbocycles. The van der Waals surface area contributed by atoms with Gasteiger partial charge < -0.3 is 5.32 Å². The molecular formula is C18H24N4O3S. The summed E-state index contributed by atoms with van der Waals surface area (Å²) in [6.07, 6.45) is 0. The van der Waals surface area contributed by atoms with Gasteiger partial charge in [0.25, 0.3) is 5.56 Å². The summed E-state index contributed by atoms with van der Waals surface area (Å²) in [5.41, 5.74) is 0.472. The third-order valence-electron chi connectivity index (χ3n) is 3.60. The number of imide groups is 1. The molecule has 0 saturated heterocycles. The number of para-hydroxylation sites is 1. The zero-order valence-corrected chi connectivity index (χ0v) is 16.2. The van der Waals surface area contributed by atoms with E-state index < -0.39 is 17.2 Å². The van der Waals surface area contributed by atoms with E-state index in [1.165, 1.54) is 11.8 Å². The third kappa shape index (κ3) is 4.85. The predicted molar refractivity (Wildman–Crippen MR) is 103 cm³/mol. The standard InChI is InChI=1S/C18H24N4O3S/c1-5-19-17(25)21-15(23)12(4)26-18-20-14-9-7-6-8-13(14)16(24)22(18)10-11(2)3/h6-9,11-12H,5,10H2,1-4H3,(H2,19,21,23,25)/t12-/m1/s1. The normalized spacial score (nSPS) is 12.2. The molecule has 1 atom stereocenters. The van der Waals surface area contributed by atoms with Gasteiger partial charge in [-0.1, -0.05) is 37.7 Å².